The number of halogens is 1. The fourth-order valence-electron chi connectivity index (χ4n) is 2.88. The van der Waals surface area contributed by atoms with Gasteiger partial charge in [0, 0.05) is 17.3 Å². The number of allylic oxidation sites excluding steroid dienone is 4. The molecule has 0 saturated heterocycles. The Hall–Kier alpha value is -2.66. The van der Waals surface area contributed by atoms with Crippen LogP contribution in [0, 0.1) is 5.92 Å². The Balaban J connectivity index is 2.40. The summed E-state index contributed by atoms with van der Waals surface area (Å²) in [6, 6.07) is 5.45. The molecule has 0 atom stereocenters. The van der Waals surface area contributed by atoms with Gasteiger partial charge in [0.25, 0.3) is 0 Å². The van der Waals surface area contributed by atoms with Gasteiger partial charge in [-0.3, -0.25) is 4.79 Å². The van der Waals surface area contributed by atoms with Gasteiger partial charge in [-0.25, -0.2) is 0 Å². The lowest BCUT2D eigenvalue weighted by molar-refractivity contribution is -0.116. The summed E-state index contributed by atoms with van der Waals surface area (Å²) in [6.45, 7) is 11.5. The molecule has 0 bridgehead atoms. The van der Waals surface area contributed by atoms with Crippen LogP contribution in [0.15, 0.2) is 66.5 Å². The molecule has 1 aliphatic heterocycles. The lowest BCUT2D eigenvalue weighted by Gasteiger charge is -2.26. The number of rotatable bonds is 10. The number of fused-ring (bicyclic) bond motifs is 1. The van der Waals surface area contributed by atoms with Crippen molar-refractivity contribution in [2.75, 3.05) is 37.1 Å². The lowest BCUT2D eigenvalue weighted by atomic mass is 10.1. The van der Waals surface area contributed by atoms with E-state index in [1.165, 1.54) is 0 Å². The van der Waals surface area contributed by atoms with Crippen molar-refractivity contribution in [1.82, 2.24) is 0 Å². The zero-order valence-electron chi connectivity index (χ0n) is 17.9. The van der Waals surface area contributed by atoms with Gasteiger partial charge in [0.05, 0.1) is 6.54 Å². The topological polar surface area (TPSA) is 48.0 Å². The first-order valence-corrected chi connectivity index (χ1v) is 10.6. The van der Waals surface area contributed by atoms with Crippen LogP contribution in [0.1, 0.15) is 20.8 Å². The molecule has 1 heterocycles. The number of nitrogens with zero attached hydrogens (tertiary/aromatic N) is 1. The van der Waals surface area contributed by atoms with Gasteiger partial charge in [-0.2, -0.15) is 0 Å². The van der Waals surface area contributed by atoms with Gasteiger partial charge in [0.15, 0.2) is 11.5 Å². The fourth-order valence-corrected chi connectivity index (χ4v) is 3.03. The number of hydrogen-bond acceptors (Lipinski definition) is 4. The molecule has 0 saturated carbocycles. The summed E-state index contributed by atoms with van der Waals surface area (Å²) in [4.78, 5) is 14.3. The molecule has 0 fully saturated rings. The highest BCUT2D eigenvalue weighted by molar-refractivity contribution is 6.29. The number of ether oxygens (including phenoxy) is 3. The zero-order valence-corrected chi connectivity index (χ0v) is 18.7. The molecule has 5 nitrogen and oxygen atoms in total. The quantitative estimate of drug-likeness (QED) is 0.219. The SMILES string of the molecule is C=CCOC(=C/C)/C(=C\C=C/C(C)C)CN(C(=O)CCl)c1ccc2c(c1)OCCO2. The number of benzene rings is 1. The highest BCUT2D eigenvalue weighted by Gasteiger charge is 2.21. The third kappa shape index (κ3) is 6.70. The van der Waals surface area contributed by atoms with E-state index in [4.69, 9.17) is 25.8 Å². The first kappa shape index (κ1) is 23.6. The molecule has 1 aromatic rings. The van der Waals surface area contributed by atoms with Gasteiger partial charge in [-0.05, 0) is 31.1 Å². The van der Waals surface area contributed by atoms with E-state index < -0.39 is 0 Å². The second-order valence-electron chi connectivity index (χ2n) is 7.01. The van der Waals surface area contributed by atoms with Gasteiger partial charge in [0.1, 0.15) is 31.5 Å². The van der Waals surface area contributed by atoms with Crippen molar-refractivity contribution in [3.05, 3.63) is 66.5 Å². The smallest absolute Gasteiger partial charge is 0.242 e. The van der Waals surface area contributed by atoms with Crippen molar-refractivity contribution in [1.29, 1.82) is 0 Å². The standard InChI is InChI=1S/C24H30ClNO4/c1-5-12-28-21(6-2)19(9-7-8-18(3)4)17-26(24(27)16-25)20-10-11-22-23(15-20)30-14-13-29-22/h5-11,15,18H,1,12-14,16-17H2,2-4H3/b8-7-,19-9-,21-6+. The van der Waals surface area contributed by atoms with Crippen LogP contribution in [-0.2, 0) is 9.53 Å². The first-order chi connectivity index (χ1) is 14.5. The van der Waals surface area contributed by atoms with Crippen molar-refractivity contribution in [2.45, 2.75) is 20.8 Å². The minimum Gasteiger partial charge on any atom is -0.490 e. The Morgan fingerprint density at radius 2 is 2.03 bits per heavy atom. The molecular formula is C24H30ClNO4. The van der Waals surface area contributed by atoms with E-state index in [9.17, 15) is 4.79 Å². The second kappa shape index (κ2) is 12.1. The van der Waals surface area contributed by atoms with Gasteiger partial charge >= 0.3 is 0 Å². The van der Waals surface area contributed by atoms with Crippen LogP contribution >= 0.6 is 11.6 Å². The molecule has 0 aromatic heterocycles. The molecule has 1 aliphatic rings. The molecule has 1 amide bonds. The molecule has 0 radical (unpaired) electrons. The summed E-state index contributed by atoms with van der Waals surface area (Å²) in [5.41, 5.74) is 1.53. The van der Waals surface area contributed by atoms with E-state index in [-0.39, 0.29) is 11.8 Å². The normalized spacial score (nSPS) is 14.2. The van der Waals surface area contributed by atoms with Crippen LogP contribution < -0.4 is 14.4 Å². The number of hydrogen-bond donors (Lipinski definition) is 0. The summed E-state index contributed by atoms with van der Waals surface area (Å²) in [5, 5.41) is 0. The fraction of sp³-hybridized carbons (Fsp3) is 0.375. The van der Waals surface area contributed by atoms with Crippen molar-refractivity contribution >= 4 is 23.2 Å². The molecule has 0 N–H and O–H groups in total. The molecule has 0 unspecified atom stereocenters. The van der Waals surface area contributed by atoms with E-state index in [0.717, 1.165) is 5.57 Å². The van der Waals surface area contributed by atoms with Crippen LogP contribution in [0.3, 0.4) is 0 Å². The minimum absolute atomic E-state index is 0.137. The number of carbonyl (C=O) groups excluding carboxylic acids is 1. The largest absolute Gasteiger partial charge is 0.490 e. The average molecular weight is 432 g/mol. The van der Waals surface area contributed by atoms with E-state index in [2.05, 4.69) is 26.5 Å². The Labute approximate surface area is 184 Å². The maximum absolute atomic E-state index is 12.7. The third-order valence-corrected chi connectivity index (χ3v) is 4.54. The highest BCUT2D eigenvalue weighted by atomic mass is 35.5. The highest BCUT2D eigenvalue weighted by Crippen LogP contribution is 2.34. The number of amides is 1. The Morgan fingerprint density at radius 3 is 2.67 bits per heavy atom. The Bertz CT molecular complexity index is 826. The minimum atomic E-state index is -0.216. The summed E-state index contributed by atoms with van der Waals surface area (Å²) in [5.74, 6) is 2.03. The molecule has 0 spiro atoms. The molecule has 1 aromatic carbocycles. The van der Waals surface area contributed by atoms with E-state index in [1.54, 1.807) is 17.0 Å². The van der Waals surface area contributed by atoms with Gasteiger partial charge < -0.3 is 19.1 Å². The van der Waals surface area contributed by atoms with Crippen molar-refractivity contribution in [3.8, 4) is 11.5 Å². The van der Waals surface area contributed by atoms with Crippen molar-refractivity contribution < 1.29 is 19.0 Å². The first-order valence-electron chi connectivity index (χ1n) is 10.0. The van der Waals surface area contributed by atoms with Crippen LogP contribution in [0.5, 0.6) is 11.5 Å². The zero-order chi connectivity index (χ0) is 21.9. The maximum Gasteiger partial charge on any atom is 0.242 e. The lowest BCUT2D eigenvalue weighted by Crippen LogP contribution is -2.34. The number of anilines is 1. The molecule has 6 heteroatoms. The van der Waals surface area contributed by atoms with Crippen molar-refractivity contribution in [2.24, 2.45) is 5.92 Å². The van der Waals surface area contributed by atoms with E-state index in [0.29, 0.717) is 55.2 Å². The third-order valence-electron chi connectivity index (χ3n) is 4.31. The Morgan fingerprint density at radius 1 is 1.30 bits per heavy atom. The van der Waals surface area contributed by atoms with Crippen LogP contribution in [0.2, 0.25) is 0 Å². The van der Waals surface area contributed by atoms with Gasteiger partial charge in [0.2, 0.25) is 5.91 Å². The molecular weight excluding hydrogens is 402 g/mol. The maximum atomic E-state index is 12.7. The molecule has 0 aliphatic carbocycles. The number of carbonyl (C=O) groups is 1. The van der Waals surface area contributed by atoms with Crippen molar-refractivity contribution in [3.63, 3.8) is 0 Å². The van der Waals surface area contributed by atoms with Crippen LogP contribution in [-0.4, -0.2) is 38.2 Å². The predicted molar refractivity (Wildman–Crippen MR) is 122 cm³/mol. The number of alkyl halides is 1. The second-order valence-corrected chi connectivity index (χ2v) is 7.28. The van der Waals surface area contributed by atoms with E-state index in [1.807, 2.05) is 37.3 Å². The summed E-state index contributed by atoms with van der Waals surface area (Å²) in [6.07, 6.45) is 9.59. The van der Waals surface area contributed by atoms with Gasteiger partial charge in [-0.1, -0.05) is 44.7 Å². The average Bonchev–Trinajstić information content (AvgIpc) is 2.76. The summed E-state index contributed by atoms with van der Waals surface area (Å²) < 4.78 is 17.1. The van der Waals surface area contributed by atoms with Crippen LogP contribution in [0.4, 0.5) is 5.69 Å². The molecule has 30 heavy (non-hydrogen) atoms. The monoisotopic (exact) mass is 431 g/mol. The van der Waals surface area contributed by atoms with Crippen LogP contribution in [0.25, 0.3) is 0 Å². The van der Waals surface area contributed by atoms with Gasteiger partial charge in [-0.15, -0.1) is 11.6 Å². The predicted octanol–water partition coefficient (Wildman–Crippen LogP) is 5.27. The Kier molecular flexibility index (Phi) is 9.55. The summed E-state index contributed by atoms with van der Waals surface area (Å²) in [7, 11) is 0. The summed E-state index contributed by atoms with van der Waals surface area (Å²) >= 11 is 5.93. The molecule has 162 valence electrons. The van der Waals surface area contributed by atoms with E-state index >= 15 is 0 Å². The molecule has 2 rings (SSSR count).